The molecule has 1 aromatic carbocycles. The number of aliphatic hydroxyl groups is 1. The fourth-order valence-electron chi connectivity index (χ4n) is 2.07. The zero-order chi connectivity index (χ0) is 13.8. The molecule has 0 spiro atoms. The van der Waals surface area contributed by atoms with E-state index in [4.69, 9.17) is 0 Å². The van der Waals surface area contributed by atoms with E-state index < -0.39 is 11.9 Å². The van der Waals surface area contributed by atoms with Crippen molar-refractivity contribution in [3.05, 3.63) is 35.6 Å². The summed E-state index contributed by atoms with van der Waals surface area (Å²) in [6.45, 7) is 3.71. The molecule has 4 nitrogen and oxygen atoms in total. The maximum Gasteiger partial charge on any atom is 0.223 e. The van der Waals surface area contributed by atoms with E-state index in [0.717, 1.165) is 13.1 Å². The number of benzene rings is 1. The molecule has 1 aliphatic rings. The normalized spacial score (nSPS) is 17.6. The van der Waals surface area contributed by atoms with Gasteiger partial charge in [-0.05, 0) is 36.7 Å². The monoisotopic (exact) mass is 302 g/mol. The molecule has 6 heteroatoms. The summed E-state index contributed by atoms with van der Waals surface area (Å²) in [6, 6.07) is 5.77. The lowest BCUT2D eigenvalue weighted by Crippen LogP contribution is -2.50. The number of halogens is 2. The highest BCUT2D eigenvalue weighted by Gasteiger charge is 2.28. The van der Waals surface area contributed by atoms with Gasteiger partial charge in [0.25, 0.3) is 0 Å². The van der Waals surface area contributed by atoms with E-state index in [0.29, 0.717) is 11.5 Å². The number of hydrogen-bond acceptors (Lipinski definition) is 3. The highest BCUT2D eigenvalue weighted by Crippen LogP contribution is 2.17. The van der Waals surface area contributed by atoms with Crippen molar-refractivity contribution in [1.82, 2.24) is 10.6 Å². The number of nitrogens with one attached hydrogen (secondary N) is 2. The van der Waals surface area contributed by atoms with E-state index in [1.807, 2.05) is 6.92 Å². The summed E-state index contributed by atoms with van der Waals surface area (Å²) < 4.78 is 13.0. The Morgan fingerprint density at radius 1 is 1.55 bits per heavy atom. The van der Waals surface area contributed by atoms with E-state index in [1.165, 1.54) is 12.1 Å². The first kappa shape index (κ1) is 16.9. The first-order valence-corrected chi connectivity index (χ1v) is 6.50. The topological polar surface area (TPSA) is 61.4 Å². The van der Waals surface area contributed by atoms with Gasteiger partial charge in [-0.1, -0.05) is 19.1 Å². The lowest BCUT2D eigenvalue weighted by Gasteiger charge is -2.31. The molecule has 1 fully saturated rings. The lowest BCUT2D eigenvalue weighted by atomic mass is 9.88. The Hall–Kier alpha value is -1.17. The zero-order valence-electron chi connectivity index (χ0n) is 11.3. The molecule has 20 heavy (non-hydrogen) atoms. The molecule has 0 radical (unpaired) electrons. The molecule has 1 amide bonds. The molecule has 1 aromatic rings. The Bertz CT molecular complexity index is 455. The van der Waals surface area contributed by atoms with Gasteiger partial charge in [-0.3, -0.25) is 4.79 Å². The van der Waals surface area contributed by atoms with Crippen molar-refractivity contribution in [2.75, 3.05) is 19.6 Å². The van der Waals surface area contributed by atoms with Crippen LogP contribution in [-0.4, -0.2) is 30.6 Å². The average Bonchev–Trinajstić information content (AvgIpc) is 2.33. The Morgan fingerprint density at radius 3 is 2.80 bits per heavy atom. The van der Waals surface area contributed by atoms with Crippen molar-refractivity contribution in [2.45, 2.75) is 13.0 Å². The second kappa shape index (κ2) is 7.57. The van der Waals surface area contributed by atoms with Crippen molar-refractivity contribution < 1.29 is 14.3 Å². The largest absolute Gasteiger partial charge is 0.387 e. The van der Waals surface area contributed by atoms with Gasteiger partial charge in [0.15, 0.2) is 0 Å². The standard InChI is InChI=1S/C14H19FN2O2.ClH/c1-9(11-6-16-7-11)14(19)17-8-13(18)10-3-2-4-12(15)5-10;/h2-5,9,11,13,16,18H,6-8H2,1H3,(H,17,19);1H. The Labute approximate surface area is 124 Å². The highest BCUT2D eigenvalue weighted by molar-refractivity contribution is 5.85. The summed E-state index contributed by atoms with van der Waals surface area (Å²) >= 11 is 0. The third kappa shape index (κ3) is 4.16. The van der Waals surface area contributed by atoms with Crippen LogP contribution in [-0.2, 0) is 4.79 Å². The van der Waals surface area contributed by atoms with Gasteiger partial charge in [-0.2, -0.15) is 0 Å². The van der Waals surface area contributed by atoms with E-state index in [1.54, 1.807) is 12.1 Å². The second-order valence-corrected chi connectivity index (χ2v) is 5.02. The molecule has 112 valence electrons. The van der Waals surface area contributed by atoms with Crippen LogP contribution >= 0.6 is 12.4 Å². The minimum atomic E-state index is -0.883. The van der Waals surface area contributed by atoms with Crippen LogP contribution in [0.1, 0.15) is 18.6 Å². The average molecular weight is 303 g/mol. The summed E-state index contributed by atoms with van der Waals surface area (Å²) in [5.74, 6) is -0.161. The zero-order valence-corrected chi connectivity index (χ0v) is 12.1. The third-order valence-electron chi connectivity index (χ3n) is 3.64. The predicted molar refractivity (Wildman–Crippen MR) is 77.1 cm³/mol. The number of hydrogen-bond donors (Lipinski definition) is 3. The Balaban J connectivity index is 0.00000200. The van der Waals surface area contributed by atoms with Crippen LogP contribution in [0, 0.1) is 17.7 Å². The van der Waals surface area contributed by atoms with Gasteiger partial charge in [0.05, 0.1) is 6.10 Å². The maximum absolute atomic E-state index is 13.0. The van der Waals surface area contributed by atoms with Crippen molar-refractivity contribution in [3.8, 4) is 0 Å². The lowest BCUT2D eigenvalue weighted by molar-refractivity contribution is -0.127. The molecule has 1 aliphatic heterocycles. The highest BCUT2D eigenvalue weighted by atomic mass is 35.5. The molecule has 0 aromatic heterocycles. The molecule has 1 heterocycles. The van der Waals surface area contributed by atoms with Crippen LogP contribution in [0.25, 0.3) is 0 Å². The van der Waals surface area contributed by atoms with Gasteiger partial charge >= 0.3 is 0 Å². The number of amides is 1. The van der Waals surface area contributed by atoms with Crippen molar-refractivity contribution in [2.24, 2.45) is 11.8 Å². The van der Waals surface area contributed by atoms with Crippen LogP contribution in [0.4, 0.5) is 4.39 Å². The number of rotatable bonds is 5. The molecule has 0 bridgehead atoms. The first-order chi connectivity index (χ1) is 9.08. The van der Waals surface area contributed by atoms with Crippen LogP contribution in [0.3, 0.4) is 0 Å². The maximum atomic E-state index is 13.0. The van der Waals surface area contributed by atoms with E-state index in [-0.39, 0.29) is 30.8 Å². The van der Waals surface area contributed by atoms with Gasteiger partial charge in [0.1, 0.15) is 5.82 Å². The minimum Gasteiger partial charge on any atom is -0.387 e. The van der Waals surface area contributed by atoms with Crippen LogP contribution < -0.4 is 10.6 Å². The number of carbonyl (C=O) groups is 1. The van der Waals surface area contributed by atoms with Gasteiger partial charge in [0, 0.05) is 12.5 Å². The molecule has 0 aliphatic carbocycles. The van der Waals surface area contributed by atoms with Gasteiger partial charge in [-0.25, -0.2) is 4.39 Å². The predicted octanol–water partition coefficient (Wildman–Crippen LogP) is 1.25. The molecule has 3 N–H and O–H groups in total. The van der Waals surface area contributed by atoms with Crippen molar-refractivity contribution >= 4 is 18.3 Å². The fourth-order valence-corrected chi connectivity index (χ4v) is 2.07. The molecule has 0 saturated carbocycles. The molecular formula is C14H20ClFN2O2. The van der Waals surface area contributed by atoms with Crippen molar-refractivity contribution in [1.29, 1.82) is 0 Å². The third-order valence-corrected chi connectivity index (χ3v) is 3.64. The van der Waals surface area contributed by atoms with Crippen molar-refractivity contribution in [3.63, 3.8) is 0 Å². The fraction of sp³-hybridized carbons (Fsp3) is 0.500. The summed E-state index contributed by atoms with van der Waals surface area (Å²) in [4.78, 5) is 11.9. The Morgan fingerprint density at radius 2 is 2.25 bits per heavy atom. The van der Waals surface area contributed by atoms with Gasteiger partial charge < -0.3 is 15.7 Å². The number of carbonyl (C=O) groups excluding carboxylic acids is 1. The molecule has 2 unspecified atom stereocenters. The quantitative estimate of drug-likeness (QED) is 0.767. The van der Waals surface area contributed by atoms with Crippen LogP contribution in [0.5, 0.6) is 0 Å². The van der Waals surface area contributed by atoms with Gasteiger partial charge in [0.2, 0.25) is 5.91 Å². The molecule has 2 atom stereocenters. The number of aliphatic hydroxyl groups excluding tert-OH is 1. The minimum absolute atomic E-state index is 0. The summed E-state index contributed by atoms with van der Waals surface area (Å²) in [6.07, 6.45) is -0.883. The summed E-state index contributed by atoms with van der Waals surface area (Å²) in [5, 5.41) is 15.7. The van der Waals surface area contributed by atoms with Crippen LogP contribution in [0.15, 0.2) is 24.3 Å². The van der Waals surface area contributed by atoms with Crippen LogP contribution in [0.2, 0.25) is 0 Å². The van der Waals surface area contributed by atoms with E-state index in [2.05, 4.69) is 10.6 Å². The molecule has 1 saturated heterocycles. The Kier molecular flexibility index (Phi) is 6.39. The summed E-state index contributed by atoms with van der Waals surface area (Å²) in [5.41, 5.74) is 0.471. The molecular weight excluding hydrogens is 283 g/mol. The van der Waals surface area contributed by atoms with E-state index >= 15 is 0 Å². The second-order valence-electron chi connectivity index (χ2n) is 5.02. The van der Waals surface area contributed by atoms with E-state index in [9.17, 15) is 14.3 Å². The SMILES string of the molecule is CC(C(=O)NCC(O)c1cccc(F)c1)C1CNC1.Cl. The first-order valence-electron chi connectivity index (χ1n) is 6.50. The van der Waals surface area contributed by atoms with Gasteiger partial charge in [-0.15, -0.1) is 12.4 Å². The summed E-state index contributed by atoms with van der Waals surface area (Å²) in [7, 11) is 0. The smallest absolute Gasteiger partial charge is 0.223 e. The molecule has 2 rings (SSSR count).